The van der Waals surface area contributed by atoms with E-state index < -0.39 is 17.9 Å². The predicted octanol–water partition coefficient (Wildman–Crippen LogP) is 1.68. The first-order chi connectivity index (χ1) is 9.81. The second-order valence-corrected chi connectivity index (χ2v) is 6.27. The van der Waals surface area contributed by atoms with Gasteiger partial charge in [0.05, 0.1) is 0 Å². The van der Waals surface area contributed by atoms with E-state index in [9.17, 15) is 0 Å². The summed E-state index contributed by atoms with van der Waals surface area (Å²) in [6.07, 6.45) is 0. The van der Waals surface area contributed by atoms with E-state index in [0.717, 1.165) is 20.8 Å². The Hall–Kier alpha value is -1.45. The molecule has 0 heterocycles. The first-order valence-corrected chi connectivity index (χ1v) is 8.13. The first kappa shape index (κ1) is 25.5. The van der Waals surface area contributed by atoms with Crippen LogP contribution < -0.4 is 3.12 Å². The number of hydrogen-bond donors (Lipinski definition) is 3. The zero-order valence-electron chi connectivity index (χ0n) is 13.7. The molecule has 1 aromatic carbocycles. The average Bonchev–Trinajstić information content (AvgIpc) is 2.23. The van der Waals surface area contributed by atoms with Gasteiger partial charge in [-0.15, -0.1) is 0 Å². The van der Waals surface area contributed by atoms with Crippen molar-refractivity contribution in [2.75, 3.05) is 0 Å². The van der Waals surface area contributed by atoms with Crippen LogP contribution in [0.2, 0.25) is 0 Å². The molecule has 123 valence electrons. The molecule has 0 spiro atoms. The number of carboxylic acids is 3. The Morgan fingerprint density at radius 2 is 0.955 bits per heavy atom. The SMILES string of the molecule is CC(=O)O.CC(=O)O.CC(=O)O.Cc1cc(C)[c]([Pb])c(C)c1. The van der Waals surface area contributed by atoms with E-state index in [1.54, 1.807) is 3.12 Å². The molecule has 22 heavy (non-hydrogen) atoms. The molecule has 0 saturated heterocycles. The molecule has 3 N–H and O–H groups in total. The number of hydrogen-bond acceptors (Lipinski definition) is 3. The fourth-order valence-electron chi connectivity index (χ4n) is 1.18. The second kappa shape index (κ2) is 14.5. The van der Waals surface area contributed by atoms with Gasteiger partial charge in [0.25, 0.3) is 17.9 Å². The Kier molecular flexibility index (Phi) is 16.8. The van der Waals surface area contributed by atoms with E-state index >= 15 is 0 Å². The molecule has 0 atom stereocenters. The van der Waals surface area contributed by atoms with Crippen LogP contribution in [0.1, 0.15) is 37.5 Å². The molecule has 0 amide bonds. The molecular formula is C15H23O6Pb. The predicted molar refractivity (Wildman–Crippen MR) is 86.0 cm³/mol. The zero-order chi connectivity index (χ0) is 18.5. The van der Waals surface area contributed by atoms with Gasteiger partial charge in [-0.05, 0) is 0 Å². The normalized spacial score (nSPS) is 7.95. The van der Waals surface area contributed by atoms with Crippen molar-refractivity contribution < 1.29 is 29.7 Å². The van der Waals surface area contributed by atoms with Crippen molar-refractivity contribution >= 4 is 46.8 Å². The van der Waals surface area contributed by atoms with Gasteiger partial charge in [0.15, 0.2) is 0 Å². The summed E-state index contributed by atoms with van der Waals surface area (Å²) in [6, 6.07) is 4.52. The molecule has 0 aromatic heterocycles. The number of aryl methyl sites for hydroxylation is 3. The van der Waals surface area contributed by atoms with Crippen molar-refractivity contribution in [1.29, 1.82) is 0 Å². The molecule has 0 fully saturated rings. The second-order valence-electron chi connectivity index (χ2n) is 4.33. The van der Waals surface area contributed by atoms with Gasteiger partial charge in [-0.1, -0.05) is 0 Å². The summed E-state index contributed by atoms with van der Waals surface area (Å²) in [5.41, 5.74) is 4.31. The summed E-state index contributed by atoms with van der Waals surface area (Å²) in [5.74, 6) is -2.50. The third-order valence-electron chi connectivity index (χ3n) is 1.68. The number of rotatable bonds is 0. The summed E-state index contributed by atoms with van der Waals surface area (Å²) in [7, 11) is 0. The fourth-order valence-corrected chi connectivity index (χ4v) is 1.74. The standard InChI is InChI=1S/C9H11.3C2H4O2.Pb/c1-7-4-8(2)6-9(3)5-7;3*1-2(3)4;/h4-5H,1-3H3;3*1H3,(H,3,4);. The van der Waals surface area contributed by atoms with Crippen molar-refractivity contribution in [1.82, 2.24) is 0 Å². The van der Waals surface area contributed by atoms with Crippen LogP contribution in [-0.2, 0) is 14.4 Å². The number of carbonyl (C=O) groups is 3. The van der Waals surface area contributed by atoms with Crippen LogP contribution in [-0.4, -0.2) is 59.0 Å². The van der Waals surface area contributed by atoms with Crippen molar-refractivity contribution in [2.24, 2.45) is 0 Å². The minimum atomic E-state index is -0.833. The van der Waals surface area contributed by atoms with Crippen LogP contribution in [0.5, 0.6) is 0 Å². The summed E-state index contributed by atoms with van der Waals surface area (Å²) < 4.78 is 1.56. The molecule has 0 bridgehead atoms. The van der Waals surface area contributed by atoms with Gasteiger partial charge in [-0.3, -0.25) is 14.4 Å². The monoisotopic (exact) mass is 507 g/mol. The topological polar surface area (TPSA) is 112 Å². The Morgan fingerprint density at radius 1 is 0.773 bits per heavy atom. The van der Waals surface area contributed by atoms with Crippen LogP contribution in [0.4, 0.5) is 0 Å². The van der Waals surface area contributed by atoms with E-state index in [-0.39, 0.29) is 0 Å². The molecule has 0 unspecified atom stereocenters. The van der Waals surface area contributed by atoms with E-state index in [2.05, 4.69) is 32.9 Å². The summed E-state index contributed by atoms with van der Waals surface area (Å²) in [6.45, 7) is 9.80. The maximum atomic E-state index is 9.00. The molecule has 7 heteroatoms. The van der Waals surface area contributed by atoms with Crippen LogP contribution in [0.25, 0.3) is 0 Å². The first-order valence-electron chi connectivity index (χ1n) is 6.19. The summed E-state index contributed by atoms with van der Waals surface area (Å²) >= 11 is 1.18. The van der Waals surface area contributed by atoms with Gasteiger partial charge in [0.2, 0.25) is 0 Å². The third kappa shape index (κ3) is 27.0. The van der Waals surface area contributed by atoms with Gasteiger partial charge >= 0.3 is 78.5 Å². The van der Waals surface area contributed by atoms with Gasteiger partial charge < -0.3 is 15.3 Å². The Balaban J connectivity index is -0.000000253. The zero-order valence-corrected chi connectivity index (χ0v) is 17.6. The van der Waals surface area contributed by atoms with E-state index in [0.29, 0.717) is 0 Å². The Morgan fingerprint density at radius 3 is 1.14 bits per heavy atom. The maximum absolute atomic E-state index is 9.00. The van der Waals surface area contributed by atoms with Crippen LogP contribution in [0, 0.1) is 20.8 Å². The van der Waals surface area contributed by atoms with Crippen molar-refractivity contribution in [3.63, 3.8) is 0 Å². The summed E-state index contributed by atoms with van der Waals surface area (Å²) in [5, 5.41) is 22.2. The molecular weight excluding hydrogens is 483 g/mol. The molecule has 0 aliphatic carbocycles. The number of benzene rings is 1. The number of carboxylic acid groups (broad SMARTS) is 3. The van der Waals surface area contributed by atoms with Crippen LogP contribution in [0.3, 0.4) is 0 Å². The van der Waals surface area contributed by atoms with Crippen molar-refractivity contribution in [2.45, 2.75) is 41.5 Å². The molecule has 0 saturated carbocycles. The summed E-state index contributed by atoms with van der Waals surface area (Å²) in [4.78, 5) is 27.0. The van der Waals surface area contributed by atoms with Gasteiger partial charge in [0.1, 0.15) is 0 Å². The molecule has 3 radical (unpaired) electrons. The molecule has 0 aliphatic rings. The van der Waals surface area contributed by atoms with Crippen molar-refractivity contribution in [3.8, 4) is 0 Å². The average molecular weight is 507 g/mol. The fraction of sp³-hybridized carbons (Fsp3) is 0.400. The third-order valence-corrected chi connectivity index (χ3v) is 4.74. The van der Waals surface area contributed by atoms with Crippen LogP contribution in [0.15, 0.2) is 12.1 Å². The van der Waals surface area contributed by atoms with Gasteiger partial charge in [0, 0.05) is 20.8 Å². The van der Waals surface area contributed by atoms with Crippen LogP contribution >= 0.6 is 0 Å². The number of aliphatic carboxylic acids is 3. The quantitative estimate of drug-likeness (QED) is 0.462. The van der Waals surface area contributed by atoms with Gasteiger partial charge in [-0.2, -0.15) is 0 Å². The molecule has 6 nitrogen and oxygen atoms in total. The van der Waals surface area contributed by atoms with E-state index in [4.69, 9.17) is 29.7 Å². The Bertz CT molecular complexity index is 433. The minimum absolute atomic E-state index is 0.833. The van der Waals surface area contributed by atoms with E-state index in [1.807, 2.05) is 0 Å². The molecule has 1 aromatic rings. The van der Waals surface area contributed by atoms with Gasteiger partial charge in [-0.25, -0.2) is 0 Å². The van der Waals surface area contributed by atoms with Crippen molar-refractivity contribution in [3.05, 3.63) is 28.8 Å². The molecule has 1 rings (SSSR count). The van der Waals surface area contributed by atoms with E-state index in [1.165, 1.54) is 42.5 Å². The Labute approximate surface area is 146 Å². The molecule has 0 aliphatic heterocycles.